The molecule has 2 aromatic rings. The number of benzene rings is 1. The van der Waals surface area contributed by atoms with Crippen LogP contribution in [0.2, 0.25) is 0 Å². The van der Waals surface area contributed by atoms with Crippen molar-refractivity contribution in [3.05, 3.63) is 59.8 Å². The molecule has 0 unspecified atom stereocenters. The van der Waals surface area contributed by atoms with Gasteiger partial charge in [0.15, 0.2) is 0 Å². The fourth-order valence-electron chi connectivity index (χ4n) is 2.69. The van der Waals surface area contributed by atoms with Crippen LogP contribution in [0.15, 0.2) is 47.1 Å². The third kappa shape index (κ3) is 6.40. The van der Waals surface area contributed by atoms with Crippen LogP contribution in [0.5, 0.6) is 0 Å². The Kier molecular flexibility index (Phi) is 7.85. The number of carbonyl (C=O) groups excluding carboxylic acids is 2. The van der Waals surface area contributed by atoms with Crippen molar-refractivity contribution < 1.29 is 18.4 Å². The molecule has 0 spiro atoms. The first-order valence-electron chi connectivity index (χ1n) is 8.88. The van der Waals surface area contributed by atoms with Crippen LogP contribution in [0.25, 0.3) is 0 Å². The number of hydrogen-bond acceptors (Lipinski definition) is 3. The van der Waals surface area contributed by atoms with Crippen molar-refractivity contribution in [2.75, 3.05) is 13.1 Å². The van der Waals surface area contributed by atoms with Crippen molar-refractivity contribution in [1.29, 1.82) is 0 Å². The smallest absolute Gasteiger partial charge is 0.242 e. The number of hydrogen-bond donors (Lipinski definition) is 0. The van der Waals surface area contributed by atoms with E-state index in [1.54, 1.807) is 36.1 Å². The Morgan fingerprint density at radius 2 is 1.85 bits per heavy atom. The Morgan fingerprint density at radius 1 is 1.15 bits per heavy atom. The van der Waals surface area contributed by atoms with Gasteiger partial charge in [0.1, 0.15) is 17.0 Å². The highest BCUT2D eigenvalue weighted by Crippen LogP contribution is 2.13. The summed E-state index contributed by atoms with van der Waals surface area (Å²) in [5, 5.41) is -0.694. The predicted molar refractivity (Wildman–Crippen MR) is 102 cm³/mol. The van der Waals surface area contributed by atoms with Crippen molar-refractivity contribution in [1.82, 2.24) is 9.80 Å². The Balaban J connectivity index is 2.15. The second kappa shape index (κ2) is 10.1. The molecular formula is C20H24ClFN2O3. The molecule has 0 saturated carbocycles. The summed E-state index contributed by atoms with van der Waals surface area (Å²) in [5.41, 5.74) is 0.787. The molecule has 1 aromatic heterocycles. The highest BCUT2D eigenvalue weighted by Gasteiger charge is 2.24. The monoisotopic (exact) mass is 394 g/mol. The number of amides is 2. The van der Waals surface area contributed by atoms with Crippen molar-refractivity contribution in [2.24, 2.45) is 0 Å². The second-order valence-electron chi connectivity index (χ2n) is 6.33. The second-order valence-corrected chi connectivity index (χ2v) is 6.99. The fourth-order valence-corrected chi connectivity index (χ4v) is 2.82. The van der Waals surface area contributed by atoms with Gasteiger partial charge in [0.2, 0.25) is 11.8 Å². The number of nitrogens with zero attached hydrogens (tertiary/aromatic N) is 2. The topological polar surface area (TPSA) is 53.8 Å². The molecule has 1 atom stereocenters. The molecule has 0 fully saturated rings. The van der Waals surface area contributed by atoms with E-state index in [9.17, 15) is 14.0 Å². The van der Waals surface area contributed by atoms with Gasteiger partial charge in [-0.05, 0) is 43.2 Å². The number of furan rings is 1. The van der Waals surface area contributed by atoms with Gasteiger partial charge in [-0.2, -0.15) is 0 Å². The Hall–Kier alpha value is -2.34. The average Bonchev–Trinajstić information content (AvgIpc) is 3.15. The lowest BCUT2D eigenvalue weighted by Crippen LogP contribution is -2.44. The van der Waals surface area contributed by atoms with Gasteiger partial charge >= 0.3 is 0 Å². The highest BCUT2D eigenvalue weighted by atomic mass is 35.5. The Morgan fingerprint density at radius 3 is 2.41 bits per heavy atom. The van der Waals surface area contributed by atoms with E-state index in [-0.39, 0.29) is 37.3 Å². The van der Waals surface area contributed by atoms with E-state index in [4.69, 9.17) is 16.0 Å². The summed E-state index contributed by atoms with van der Waals surface area (Å²) in [7, 11) is 0. The molecular weight excluding hydrogens is 371 g/mol. The van der Waals surface area contributed by atoms with Gasteiger partial charge in [0.25, 0.3) is 0 Å². The van der Waals surface area contributed by atoms with Gasteiger partial charge in [0, 0.05) is 13.1 Å². The molecule has 0 aliphatic carbocycles. The van der Waals surface area contributed by atoms with E-state index in [0.29, 0.717) is 12.3 Å². The number of alkyl halides is 1. The molecule has 1 heterocycles. The van der Waals surface area contributed by atoms with Crippen LogP contribution in [0.3, 0.4) is 0 Å². The van der Waals surface area contributed by atoms with Gasteiger partial charge in [-0.15, -0.1) is 11.6 Å². The van der Waals surface area contributed by atoms with Crippen molar-refractivity contribution in [2.45, 2.75) is 38.7 Å². The molecule has 7 heteroatoms. The maximum absolute atomic E-state index is 13.2. The minimum atomic E-state index is -0.694. The lowest BCUT2D eigenvalue weighted by Gasteiger charge is -2.28. The molecule has 146 valence electrons. The first-order chi connectivity index (χ1) is 12.9. The zero-order chi connectivity index (χ0) is 19.8. The van der Waals surface area contributed by atoms with Crippen LogP contribution in [0.4, 0.5) is 4.39 Å². The molecule has 0 N–H and O–H groups in total. The molecule has 0 bridgehead atoms. The fraction of sp³-hybridized carbons (Fsp3) is 0.400. The van der Waals surface area contributed by atoms with E-state index in [1.165, 1.54) is 23.3 Å². The van der Waals surface area contributed by atoms with Gasteiger partial charge in [-0.25, -0.2) is 4.39 Å². The number of carbonyl (C=O) groups is 2. The standard InChI is InChI=1S/C20H24ClFN2O3/c1-3-10-23(20(26)15(2)21)14-19(25)24(13-18-5-4-11-27-18)12-16-6-8-17(22)9-7-16/h4-9,11,15H,3,10,12-14H2,1-2H3/t15-/m0/s1. The van der Waals surface area contributed by atoms with Crippen LogP contribution in [-0.2, 0) is 22.7 Å². The maximum Gasteiger partial charge on any atom is 0.242 e. The molecule has 2 rings (SSSR count). The summed E-state index contributed by atoms with van der Waals surface area (Å²) in [6.45, 7) is 4.45. The molecule has 0 saturated heterocycles. The Bertz CT molecular complexity index is 732. The van der Waals surface area contributed by atoms with E-state index in [0.717, 1.165) is 12.0 Å². The molecule has 0 aliphatic rings. The Labute approximate surface area is 163 Å². The lowest BCUT2D eigenvalue weighted by molar-refractivity contribution is -0.141. The van der Waals surface area contributed by atoms with E-state index >= 15 is 0 Å². The maximum atomic E-state index is 13.2. The van der Waals surface area contributed by atoms with Crippen LogP contribution >= 0.6 is 11.6 Å². The minimum absolute atomic E-state index is 0.0639. The zero-order valence-corrected chi connectivity index (χ0v) is 16.3. The number of rotatable bonds is 9. The van der Waals surface area contributed by atoms with Crippen LogP contribution in [-0.4, -0.2) is 40.1 Å². The van der Waals surface area contributed by atoms with E-state index in [2.05, 4.69) is 0 Å². The predicted octanol–water partition coefficient (Wildman–Crippen LogP) is 3.81. The molecule has 27 heavy (non-hydrogen) atoms. The quantitative estimate of drug-likeness (QED) is 0.607. The van der Waals surface area contributed by atoms with Crippen LogP contribution < -0.4 is 0 Å². The molecule has 1 aromatic carbocycles. The summed E-state index contributed by atoms with van der Waals surface area (Å²) in [5.74, 6) is -0.204. The summed E-state index contributed by atoms with van der Waals surface area (Å²) < 4.78 is 18.5. The van der Waals surface area contributed by atoms with E-state index in [1.807, 2.05) is 6.92 Å². The molecule has 5 nitrogen and oxygen atoms in total. The minimum Gasteiger partial charge on any atom is -0.467 e. The summed E-state index contributed by atoms with van der Waals surface area (Å²) >= 11 is 5.91. The van der Waals surface area contributed by atoms with Crippen molar-refractivity contribution in [3.8, 4) is 0 Å². The first-order valence-corrected chi connectivity index (χ1v) is 9.31. The SMILES string of the molecule is CCCN(CC(=O)N(Cc1ccc(F)cc1)Cc1ccco1)C(=O)[C@H](C)Cl. The highest BCUT2D eigenvalue weighted by molar-refractivity contribution is 6.30. The van der Waals surface area contributed by atoms with Crippen molar-refractivity contribution >= 4 is 23.4 Å². The lowest BCUT2D eigenvalue weighted by atomic mass is 10.2. The largest absolute Gasteiger partial charge is 0.467 e. The molecule has 0 aliphatic heterocycles. The first kappa shape index (κ1) is 21.0. The van der Waals surface area contributed by atoms with E-state index < -0.39 is 5.38 Å². The number of halogens is 2. The average molecular weight is 395 g/mol. The van der Waals surface area contributed by atoms with Crippen molar-refractivity contribution in [3.63, 3.8) is 0 Å². The molecule has 0 radical (unpaired) electrons. The summed E-state index contributed by atoms with van der Waals surface area (Å²) in [6, 6.07) is 9.50. The summed E-state index contributed by atoms with van der Waals surface area (Å²) in [6.07, 6.45) is 2.26. The molecule has 2 amide bonds. The third-order valence-electron chi connectivity index (χ3n) is 4.04. The van der Waals surface area contributed by atoms with Gasteiger partial charge < -0.3 is 14.2 Å². The van der Waals surface area contributed by atoms with Crippen LogP contribution in [0, 0.1) is 5.82 Å². The zero-order valence-electron chi connectivity index (χ0n) is 15.5. The normalized spacial score (nSPS) is 11.9. The van der Waals surface area contributed by atoms with Crippen LogP contribution in [0.1, 0.15) is 31.6 Å². The van der Waals surface area contributed by atoms with Gasteiger partial charge in [0.05, 0.1) is 19.4 Å². The van der Waals surface area contributed by atoms with Gasteiger partial charge in [-0.1, -0.05) is 19.1 Å². The van der Waals surface area contributed by atoms with Gasteiger partial charge in [-0.3, -0.25) is 9.59 Å². The third-order valence-corrected chi connectivity index (χ3v) is 4.22. The summed E-state index contributed by atoms with van der Waals surface area (Å²) in [4.78, 5) is 28.2.